The van der Waals surface area contributed by atoms with Crippen LogP contribution in [0.5, 0.6) is 0 Å². The Morgan fingerprint density at radius 2 is 1.81 bits per heavy atom. The van der Waals surface area contributed by atoms with E-state index in [2.05, 4.69) is 11.8 Å². The van der Waals surface area contributed by atoms with Gasteiger partial charge in [-0.2, -0.15) is 0 Å². The third kappa shape index (κ3) is 2.71. The van der Waals surface area contributed by atoms with Gasteiger partial charge in [-0.25, -0.2) is 4.90 Å². The molecule has 1 unspecified atom stereocenters. The van der Waals surface area contributed by atoms with Crippen LogP contribution in [0.3, 0.4) is 0 Å². The maximum absolute atomic E-state index is 12.6. The minimum absolute atomic E-state index is 0.105. The quantitative estimate of drug-likeness (QED) is 0.785. The Morgan fingerprint density at radius 3 is 2.43 bits per heavy atom. The summed E-state index contributed by atoms with van der Waals surface area (Å²) >= 11 is 0. The summed E-state index contributed by atoms with van der Waals surface area (Å²) in [4.78, 5) is 28.2. The molecule has 0 aliphatic carbocycles. The number of ether oxygens (including phenoxy) is 1. The van der Waals surface area contributed by atoms with E-state index in [9.17, 15) is 9.59 Å². The molecule has 2 aliphatic heterocycles. The molecule has 21 heavy (non-hydrogen) atoms. The number of hydrogen-bond donors (Lipinski definition) is 0. The molecule has 0 aromatic heterocycles. The van der Waals surface area contributed by atoms with Crippen molar-refractivity contribution in [2.24, 2.45) is 0 Å². The predicted molar refractivity (Wildman–Crippen MR) is 79.1 cm³/mol. The van der Waals surface area contributed by atoms with Crippen LogP contribution in [0.25, 0.3) is 0 Å². The summed E-state index contributed by atoms with van der Waals surface area (Å²) in [5.74, 6) is -0.216. The average Bonchev–Trinajstić information content (AvgIpc) is 2.83. The molecule has 0 N–H and O–H groups in total. The Labute approximate surface area is 124 Å². The summed E-state index contributed by atoms with van der Waals surface area (Å²) < 4.78 is 5.31. The number of imide groups is 1. The Kier molecular flexibility index (Phi) is 4.03. The molecule has 112 valence electrons. The SMILES string of the molecule is CCc1ccc(N2C(=O)CC(N3CCOCC3)C2=O)cc1. The van der Waals surface area contributed by atoms with Crippen LogP contribution in [-0.2, 0) is 20.7 Å². The Balaban J connectivity index is 1.79. The van der Waals surface area contributed by atoms with E-state index in [4.69, 9.17) is 4.74 Å². The molecule has 2 amide bonds. The van der Waals surface area contributed by atoms with E-state index in [1.54, 1.807) is 0 Å². The molecule has 1 aromatic carbocycles. The molecule has 0 bridgehead atoms. The first-order chi connectivity index (χ1) is 10.2. The fraction of sp³-hybridized carbons (Fsp3) is 0.500. The van der Waals surface area contributed by atoms with Gasteiger partial charge in [-0.1, -0.05) is 19.1 Å². The molecule has 0 radical (unpaired) electrons. The third-order valence-corrected chi connectivity index (χ3v) is 4.21. The zero-order valence-corrected chi connectivity index (χ0v) is 12.2. The summed E-state index contributed by atoms with van der Waals surface area (Å²) in [5.41, 5.74) is 1.88. The van der Waals surface area contributed by atoms with E-state index in [0.29, 0.717) is 32.0 Å². The Bertz CT molecular complexity index is 535. The van der Waals surface area contributed by atoms with E-state index in [0.717, 1.165) is 6.42 Å². The highest BCUT2D eigenvalue weighted by atomic mass is 16.5. The van der Waals surface area contributed by atoms with Crippen LogP contribution in [0.15, 0.2) is 24.3 Å². The van der Waals surface area contributed by atoms with Crippen molar-refractivity contribution in [2.45, 2.75) is 25.8 Å². The number of hydrogen-bond acceptors (Lipinski definition) is 4. The maximum atomic E-state index is 12.6. The van der Waals surface area contributed by atoms with E-state index in [1.165, 1.54) is 10.5 Å². The first-order valence-corrected chi connectivity index (χ1v) is 7.48. The number of benzene rings is 1. The maximum Gasteiger partial charge on any atom is 0.251 e. The zero-order chi connectivity index (χ0) is 14.8. The number of aryl methyl sites for hydroxylation is 1. The first-order valence-electron chi connectivity index (χ1n) is 7.48. The third-order valence-electron chi connectivity index (χ3n) is 4.21. The summed E-state index contributed by atoms with van der Waals surface area (Å²) in [7, 11) is 0. The van der Waals surface area contributed by atoms with Crippen molar-refractivity contribution in [3.8, 4) is 0 Å². The number of anilines is 1. The lowest BCUT2D eigenvalue weighted by atomic mass is 10.1. The van der Waals surface area contributed by atoms with Crippen LogP contribution in [0.4, 0.5) is 5.69 Å². The predicted octanol–water partition coefficient (Wildman–Crippen LogP) is 1.21. The summed E-state index contributed by atoms with van der Waals surface area (Å²) in [6.07, 6.45) is 1.22. The smallest absolute Gasteiger partial charge is 0.251 e. The first kappa shape index (κ1) is 14.2. The van der Waals surface area contributed by atoms with Crippen molar-refractivity contribution >= 4 is 17.5 Å². The van der Waals surface area contributed by atoms with Gasteiger partial charge in [-0.3, -0.25) is 14.5 Å². The van der Waals surface area contributed by atoms with Gasteiger partial charge in [0.15, 0.2) is 0 Å². The van der Waals surface area contributed by atoms with Crippen LogP contribution >= 0.6 is 0 Å². The van der Waals surface area contributed by atoms with Crippen molar-refractivity contribution in [3.05, 3.63) is 29.8 Å². The van der Waals surface area contributed by atoms with Crippen molar-refractivity contribution in [1.29, 1.82) is 0 Å². The number of morpholine rings is 1. The summed E-state index contributed by atoms with van der Waals surface area (Å²) in [6.45, 7) is 4.76. The lowest BCUT2D eigenvalue weighted by molar-refractivity contribution is -0.123. The van der Waals surface area contributed by atoms with Crippen molar-refractivity contribution in [2.75, 3.05) is 31.2 Å². The average molecular weight is 288 g/mol. The molecule has 1 atom stereocenters. The molecule has 2 saturated heterocycles. The number of carbonyl (C=O) groups is 2. The highest BCUT2D eigenvalue weighted by Crippen LogP contribution is 2.26. The second-order valence-electron chi connectivity index (χ2n) is 5.46. The highest BCUT2D eigenvalue weighted by molar-refractivity contribution is 6.22. The van der Waals surface area contributed by atoms with E-state index in [-0.39, 0.29) is 24.3 Å². The molecular weight excluding hydrogens is 268 g/mol. The van der Waals surface area contributed by atoms with Gasteiger partial charge in [0.2, 0.25) is 5.91 Å². The van der Waals surface area contributed by atoms with Gasteiger partial charge < -0.3 is 4.74 Å². The standard InChI is InChI=1S/C16H20N2O3/c1-2-12-3-5-13(6-4-12)18-15(19)11-14(16(18)20)17-7-9-21-10-8-17/h3-6,14H,2,7-11H2,1H3. The van der Waals surface area contributed by atoms with Gasteiger partial charge in [-0.05, 0) is 24.1 Å². The van der Waals surface area contributed by atoms with Gasteiger partial charge in [0.25, 0.3) is 5.91 Å². The highest BCUT2D eigenvalue weighted by Gasteiger charge is 2.42. The lowest BCUT2D eigenvalue weighted by Crippen LogP contribution is -2.47. The molecule has 2 aliphatic rings. The fourth-order valence-corrected chi connectivity index (χ4v) is 2.94. The van der Waals surface area contributed by atoms with Gasteiger partial charge in [0.1, 0.15) is 0 Å². The summed E-state index contributed by atoms with van der Waals surface area (Å²) in [5, 5.41) is 0. The second-order valence-corrected chi connectivity index (χ2v) is 5.46. The molecule has 1 aromatic rings. The largest absolute Gasteiger partial charge is 0.379 e. The van der Waals surface area contributed by atoms with Gasteiger partial charge in [0, 0.05) is 13.1 Å². The van der Waals surface area contributed by atoms with E-state index in [1.807, 2.05) is 24.3 Å². The molecule has 5 nitrogen and oxygen atoms in total. The minimum atomic E-state index is -0.327. The van der Waals surface area contributed by atoms with Crippen molar-refractivity contribution in [1.82, 2.24) is 4.90 Å². The Morgan fingerprint density at radius 1 is 1.14 bits per heavy atom. The molecule has 0 spiro atoms. The molecule has 5 heteroatoms. The van der Waals surface area contributed by atoms with Crippen LogP contribution < -0.4 is 4.90 Å². The minimum Gasteiger partial charge on any atom is -0.379 e. The lowest BCUT2D eigenvalue weighted by Gasteiger charge is -2.30. The van der Waals surface area contributed by atoms with Crippen LogP contribution in [0, 0.1) is 0 Å². The fourth-order valence-electron chi connectivity index (χ4n) is 2.94. The van der Waals surface area contributed by atoms with Gasteiger partial charge in [0.05, 0.1) is 31.4 Å². The zero-order valence-electron chi connectivity index (χ0n) is 12.2. The van der Waals surface area contributed by atoms with Crippen molar-refractivity contribution < 1.29 is 14.3 Å². The number of rotatable bonds is 3. The molecule has 0 saturated carbocycles. The molecule has 3 rings (SSSR count). The van der Waals surface area contributed by atoms with Gasteiger partial charge in [-0.15, -0.1) is 0 Å². The number of amides is 2. The monoisotopic (exact) mass is 288 g/mol. The number of nitrogens with zero attached hydrogens (tertiary/aromatic N) is 2. The molecule has 2 heterocycles. The van der Waals surface area contributed by atoms with Crippen molar-refractivity contribution in [3.63, 3.8) is 0 Å². The van der Waals surface area contributed by atoms with Crippen LogP contribution in [0.1, 0.15) is 18.9 Å². The van der Waals surface area contributed by atoms with Crippen LogP contribution in [-0.4, -0.2) is 49.1 Å². The molecular formula is C16H20N2O3. The summed E-state index contributed by atoms with van der Waals surface area (Å²) in [6, 6.07) is 7.33. The number of carbonyl (C=O) groups excluding carboxylic acids is 2. The van der Waals surface area contributed by atoms with E-state index < -0.39 is 0 Å². The van der Waals surface area contributed by atoms with Crippen LogP contribution in [0.2, 0.25) is 0 Å². The van der Waals surface area contributed by atoms with E-state index >= 15 is 0 Å². The second kappa shape index (κ2) is 5.95. The topological polar surface area (TPSA) is 49.9 Å². The molecule has 2 fully saturated rings. The Hall–Kier alpha value is -1.72. The normalized spacial score (nSPS) is 23.9. The van der Waals surface area contributed by atoms with Gasteiger partial charge >= 0.3 is 0 Å².